The summed E-state index contributed by atoms with van der Waals surface area (Å²) in [5, 5.41) is 0. The van der Waals surface area contributed by atoms with Gasteiger partial charge in [0, 0.05) is 11.2 Å². The van der Waals surface area contributed by atoms with E-state index in [2.05, 4.69) is 152 Å². The van der Waals surface area contributed by atoms with Gasteiger partial charge in [0.1, 0.15) is 0 Å². The van der Waals surface area contributed by atoms with Crippen LogP contribution in [0.3, 0.4) is 0 Å². The van der Waals surface area contributed by atoms with Gasteiger partial charge in [-0.1, -0.05) is 70.6 Å². The first-order valence-electron chi connectivity index (χ1n) is 17.1. The van der Waals surface area contributed by atoms with Gasteiger partial charge >= 0.3 is 155 Å². The normalized spacial score (nSPS) is 16.9. The molecule has 0 N–H and O–H groups in total. The first-order chi connectivity index (χ1) is 22.4. The summed E-state index contributed by atoms with van der Waals surface area (Å²) in [6.07, 6.45) is 10.6. The molecule has 0 atom stereocenters. The van der Waals surface area contributed by atoms with Crippen LogP contribution in [0.15, 0.2) is 103 Å². The molecule has 1 aliphatic carbocycles. The van der Waals surface area contributed by atoms with Crippen LogP contribution in [-0.4, -0.2) is 10.1 Å². The maximum absolute atomic E-state index is 6.01. The molecule has 46 heavy (non-hydrogen) atoms. The van der Waals surface area contributed by atoms with E-state index in [0.29, 0.717) is 5.41 Å². The molecule has 2 nitrogen and oxygen atoms in total. The molecule has 2 fully saturated rings. The van der Waals surface area contributed by atoms with Crippen molar-refractivity contribution in [2.75, 3.05) is 9.80 Å². The molecule has 2 aliphatic rings. The molecular weight excluding hydrogens is 669 g/mol. The van der Waals surface area contributed by atoms with Gasteiger partial charge in [-0.05, 0) is 37.8 Å². The van der Waals surface area contributed by atoms with Crippen molar-refractivity contribution in [3.63, 3.8) is 0 Å². The molecule has 4 aromatic rings. The fraction of sp³-hybridized carbons (Fsp3) is 0.381. The molecule has 4 aromatic carbocycles. The van der Waals surface area contributed by atoms with Crippen molar-refractivity contribution >= 4 is 25.7 Å². The Kier molecular flexibility index (Phi) is 12.3. The van der Waals surface area contributed by atoms with Crippen LogP contribution in [0, 0.1) is 12.0 Å². The van der Waals surface area contributed by atoms with Crippen molar-refractivity contribution in [2.24, 2.45) is 5.41 Å². The summed E-state index contributed by atoms with van der Waals surface area (Å²) in [6.45, 7) is 13.9. The Balaban J connectivity index is 0.000000182. The first kappa shape index (κ1) is 34.6. The molecule has 245 valence electrons. The molecule has 0 aromatic heterocycles. The third kappa shape index (κ3) is 8.59. The molecule has 1 heterocycles. The topological polar surface area (TPSA) is 6.48 Å². The molecule has 6 rings (SSSR count). The Bertz CT molecular complexity index is 1520. The molecule has 1 spiro atoms. The number of nitrogens with zero attached hydrogens (tertiary/aromatic N) is 2. The van der Waals surface area contributed by atoms with Crippen molar-refractivity contribution in [3.05, 3.63) is 137 Å². The van der Waals surface area contributed by atoms with Crippen LogP contribution >= 0.6 is 9.69 Å². The quantitative estimate of drug-likeness (QED) is 0.125. The van der Waals surface area contributed by atoms with Crippen molar-refractivity contribution < 1.29 is 15.7 Å². The maximum atomic E-state index is 6.01. The summed E-state index contributed by atoms with van der Waals surface area (Å²) in [6, 6.07) is 36.6. The second kappa shape index (κ2) is 16.4. The average molecular weight is 720 g/mol. The number of benzene rings is 4. The van der Waals surface area contributed by atoms with Crippen LogP contribution in [0.4, 0.5) is 11.4 Å². The van der Waals surface area contributed by atoms with Gasteiger partial charge < -0.3 is 4.90 Å². The standard InChI is InChI=1S/C21H32N.C21H19N.ClH.Ru/c1-5-17-11-10-12-18(6-2)19(17)22-16-21(15-20(22,3)4)13-8-7-9-14-21;1-18-10-8-9-13-20(18)17-22(21-14-6-3-7-15-21)16-19-11-4-2-5-12-19;;/h10-12,16H,5-9,13-15H2,1-4H3;1-15H,16-17H2;1H;/q-1;;;+1/p-1. The monoisotopic (exact) mass is 720 g/mol. The van der Waals surface area contributed by atoms with Crippen molar-refractivity contribution in [2.45, 2.75) is 97.7 Å². The van der Waals surface area contributed by atoms with Crippen LogP contribution in [0.25, 0.3) is 0 Å². The minimum atomic E-state index is -0.223. The Morgan fingerprint density at radius 2 is 1.33 bits per heavy atom. The molecule has 1 aliphatic heterocycles. The molecule has 0 radical (unpaired) electrons. The third-order valence-corrected chi connectivity index (χ3v) is 11.0. The van der Waals surface area contributed by atoms with E-state index >= 15 is 0 Å². The van der Waals surface area contributed by atoms with Crippen LogP contribution in [0.1, 0.15) is 94.0 Å². The predicted octanol–water partition coefficient (Wildman–Crippen LogP) is 11.2. The predicted molar refractivity (Wildman–Crippen MR) is 196 cm³/mol. The van der Waals surface area contributed by atoms with E-state index in [1.807, 2.05) is 0 Å². The van der Waals surface area contributed by atoms with Crippen molar-refractivity contribution in [3.8, 4) is 0 Å². The van der Waals surface area contributed by atoms with Gasteiger partial charge in [-0.25, -0.2) is 6.54 Å². The zero-order valence-electron chi connectivity index (χ0n) is 28.2. The second-order valence-corrected chi connectivity index (χ2v) is 15.4. The Hall–Kier alpha value is -2.74. The van der Waals surface area contributed by atoms with E-state index in [9.17, 15) is 0 Å². The number of aryl methyl sites for hydroxylation is 2. The molecule has 0 unspecified atom stereocenters. The zero-order valence-corrected chi connectivity index (χ0v) is 30.7. The molecule has 1 saturated heterocycles. The number of hydrogen-bond donors (Lipinski definition) is 0. The van der Waals surface area contributed by atoms with Gasteiger partial charge in [0.2, 0.25) is 0 Å². The van der Waals surface area contributed by atoms with E-state index in [-0.39, 0.29) is 21.2 Å². The van der Waals surface area contributed by atoms with Crippen molar-refractivity contribution in [1.29, 1.82) is 0 Å². The van der Waals surface area contributed by atoms with Crippen LogP contribution < -0.4 is 9.80 Å². The van der Waals surface area contributed by atoms with Crippen LogP contribution in [0.2, 0.25) is 0 Å². The van der Waals surface area contributed by atoms with E-state index in [4.69, 9.17) is 9.69 Å². The molecule has 1 saturated carbocycles. The number of anilines is 2. The van der Waals surface area contributed by atoms with Gasteiger partial charge in [0.25, 0.3) is 0 Å². The summed E-state index contributed by atoms with van der Waals surface area (Å²) >= 11 is -0.223. The van der Waals surface area contributed by atoms with Gasteiger partial charge in [0.05, 0.1) is 0 Å². The molecular formula is C42H51ClN2Ru-. The van der Waals surface area contributed by atoms with Gasteiger partial charge in [-0.3, -0.25) is 0 Å². The van der Waals surface area contributed by atoms with Gasteiger partial charge in [-0.2, -0.15) is 0 Å². The molecule has 0 amide bonds. The summed E-state index contributed by atoms with van der Waals surface area (Å²) in [5.74, 6) is 0. The third-order valence-electron chi connectivity index (χ3n) is 9.80. The zero-order chi connectivity index (χ0) is 32.4. The van der Waals surface area contributed by atoms with Crippen LogP contribution in [-0.2, 0) is 41.6 Å². The number of para-hydroxylation sites is 2. The summed E-state index contributed by atoms with van der Waals surface area (Å²) in [5.41, 5.74) is 10.3. The fourth-order valence-electron chi connectivity index (χ4n) is 7.60. The summed E-state index contributed by atoms with van der Waals surface area (Å²) < 4.78 is 2.16. The number of halogens is 1. The number of rotatable bonds is 9. The van der Waals surface area contributed by atoms with E-state index < -0.39 is 0 Å². The Morgan fingerprint density at radius 1 is 0.739 bits per heavy atom. The summed E-state index contributed by atoms with van der Waals surface area (Å²) in [7, 11) is 6.01. The van der Waals surface area contributed by atoms with E-state index in [1.165, 1.54) is 77.7 Å². The number of hydrogen-bond acceptors (Lipinski definition) is 2. The minimum absolute atomic E-state index is 0.223. The van der Waals surface area contributed by atoms with Crippen LogP contribution in [0.5, 0.6) is 0 Å². The molecule has 0 bridgehead atoms. The van der Waals surface area contributed by atoms with E-state index in [1.54, 1.807) is 0 Å². The second-order valence-electron chi connectivity index (χ2n) is 13.6. The first-order valence-corrected chi connectivity index (χ1v) is 20.4. The fourth-order valence-corrected chi connectivity index (χ4v) is 8.79. The van der Waals surface area contributed by atoms with Gasteiger partial charge in [0.15, 0.2) is 0 Å². The average Bonchev–Trinajstić information content (AvgIpc) is 3.34. The molecule has 4 heteroatoms. The Morgan fingerprint density at radius 3 is 1.96 bits per heavy atom. The summed E-state index contributed by atoms with van der Waals surface area (Å²) in [4.78, 5) is 5.07. The van der Waals surface area contributed by atoms with Crippen molar-refractivity contribution in [1.82, 2.24) is 0 Å². The Labute approximate surface area is 290 Å². The van der Waals surface area contributed by atoms with Gasteiger partial charge in [-0.15, -0.1) is 5.41 Å². The SMILES string of the molecule is CCc1cccc(CC)c1N1[CH-]C2(CCCCC2)CC1(C)C.[Cl][Ru]=[CH]c1ccccc1CN(Cc1ccccc1)c1ccccc1. The van der Waals surface area contributed by atoms with E-state index in [0.717, 1.165) is 25.9 Å².